The smallest absolute Gasteiger partial charge is 0.0191 e. The van der Waals surface area contributed by atoms with Crippen LogP contribution in [-0.2, 0) is 0 Å². The van der Waals surface area contributed by atoms with Gasteiger partial charge in [0.05, 0.1) is 0 Å². The van der Waals surface area contributed by atoms with Gasteiger partial charge in [0, 0.05) is 11.6 Å². The van der Waals surface area contributed by atoms with E-state index >= 15 is 0 Å². The summed E-state index contributed by atoms with van der Waals surface area (Å²) in [5, 5.41) is 3.62. The van der Waals surface area contributed by atoms with E-state index in [0.29, 0.717) is 11.6 Å². The lowest BCUT2D eigenvalue weighted by atomic mass is 9.50. The third-order valence-electron chi connectivity index (χ3n) is 2.63. The Kier molecular flexibility index (Phi) is 0.963. The van der Waals surface area contributed by atoms with Crippen molar-refractivity contribution in [1.29, 1.82) is 0 Å². The highest BCUT2D eigenvalue weighted by atomic mass is 15.1. The molecule has 0 aromatic rings. The molecule has 1 N–H and O–H groups in total. The first-order valence-electron chi connectivity index (χ1n) is 3.98. The van der Waals surface area contributed by atoms with Gasteiger partial charge in [-0.05, 0) is 25.2 Å². The maximum absolute atomic E-state index is 3.62. The fraction of sp³-hybridized carbons (Fsp3) is 1.00. The Hall–Kier alpha value is -0.0400. The molecule has 0 atom stereocenters. The normalized spacial score (nSPS) is 46.3. The Labute approximate surface area is 56.8 Å². The van der Waals surface area contributed by atoms with Crippen LogP contribution in [0.3, 0.4) is 0 Å². The van der Waals surface area contributed by atoms with E-state index in [1.54, 1.807) is 0 Å². The van der Waals surface area contributed by atoms with Crippen LogP contribution >= 0.6 is 0 Å². The average molecular weight is 125 g/mol. The molecule has 2 bridgehead atoms. The fourth-order valence-corrected chi connectivity index (χ4v) is 2.27. The Morgan fingerprint density at radius 2 is 1.89 bits per heavy atom. The van der Waals surface area contributed by atoms with Crippen molar-refractivity contribution < 1.29 is 0 Å². The molecule has 3 saturated carbocycles. The van der Waals surface area contributed by atoms with E-state index in [1.165, 1.54) is 19.3 Å². The van der Waals surface area contributed by atoms with Gasteiger partial charge in [0.15, 0.2) is 0 Å². The van der Waals surface area contributed by atoms with Crippen LogP contribution in [0.5, 0.6) is 0 Å². The Balaban J connectivity index is 1.85. The summed E-state index contributed by atoms with van der Waals surface area (Å²) in [4.78, 5) is 0. The summed E-state index contributed by atoms with van der Waals surface area (Å²) < 4.78 is 0. The van der Waals surface area contributed by atoms with E-state index in [0.717, 1.165) is 5.92 Å². The molecular formula is C8H15N. The van der Waals surface area contributed by atoms with Crippen molar-refractivity contribution in [2.24, 2.45) is 5.92 Å². The second-order valence-electron chi connectivity index (χ2n) is 4.06. The maximum Gasteiger partial charge on any atom is 0.0191 e. The number of rotatable bonds is 2. The van der Waals surface area contributed by atoms with Gasteiger partial charge in [-0.2, -0.15) is 0 Å². The van der Waals surface area contributed by atoms with Crippen LogP contribution in [0.1, 0.15) is 33.1 Å². The topological polar surface area (TPSA) is 12.0 Å². The number of nitrogens with one attached hydrogen (secondary N) is 1. The second kappa shape index (κ2) is 1.51. The Bertz CT molecular complexity index is 112. The third kappa shape index (κ3) is 0.710. The van der Waals surface area contributed by atoms with Crippen molar-refractivity contribution >= 4 is 0 Å². The minimum absolute atomic E-state index is 0.638. The molecule has 9 heavy (non-hydrogen) atoms. The quantitative estimate of drug-likeness (QED) is 0.590. The predicted octanol–water partition coefficient (Wildman–Crippen LogP) is 1.54. The summed E-state index contributed by atoms with van der Waals surface area (Å²) in [5.74, 6) is 1.11. The molecule has 3 aliphatic rings. The molecule has 3 rings (SSSR count). The molecule has 52 valence electrons. The first-order valence-corrected chi connectivity index (χ1v) is 3.98. The van der Waals surface area contributed by atoms with Gasteiger partial charge in [-0.3, -0.25) is 0 Å². The average Bonchev–Trinajstić information content (AvgIpc) is 1.50. The van der Waals surface area contributed by atoms with Crippen LogP contribution in [0, 0.1) is 5.92 Å². The van der Waals surface area contributed by atoms with Gasteiger partial charge in [-0.25, -0.2) is 0 Å². The van der Waals surface area contributed by atoms with Gasteiger partial charge in [0.2, 0.25) is 0 Å². The molecule has 1 heteroatoms. The minimum Gasteiger partial charge on any atom is -0.309 e. The molecule has 0 heterocycles. The third-order valence-corrected chi connectivity index (χ3v) is 2.63. The van der Waals surface area contributed by atoms with Crippen molar-refractivity contribution in [1.82, 2.24) is 5.32 Å². The molecule has 0 radical (unpaired) electrons. The lowest BCUT2D eigenvalue weighted by Crippen LogP contribution is -2.68. The second-order valence-corrected chi connectivity index (χ2v) is 4.06. The largest absolute Gasteiger partial charge is 0.309 e. The molecule has 3 aliphatic carbocycles. The zero-order valence-corrected chi connectivity index (χ0v) is 6.28. The van der Waals surface area contributed by atoms with Gasteiger partial charge in [-0.15, -0.1) is 0 Å². The molecular weight excluding hydrogens is 110 g/mol. The lowest BCUT2D eigenvalue weighted by molar-refractivity contribution is -0.0561. The standard InChI is InChI=1S/C8H15N/c1-6(2)9-8-3-7(4-8)5-8/h6-7,9H,3-5H2,1-2H3. The van der Waals surface area contributed by atoms with Crippen LogP contribution < -0.4 is 5.32 Å². The van der Waals surface area contributed by atoms with Crippen molar-refractivity contribution in [3.05, 3.63) is 0 Å². The molecule has 0 aliphatic heterocycles. The first kappa shape index (κ1) is 5.72. The minimum atomic E-state index is 0.638. The van der Waals surface area contributed by atoms with Crippen molar-refractivity contribution in [2.75, 3.05) is 0 Å². The van der Waals surface area contributed by atoms with Gasteiger partial charge < -0.3 is 5.32 Å². The van der Waals surface area contributed by atoms with Crippen molar-refractivity contribution in [3.8, 4) is 0 Å². The van der Waals surface area contributed by atoms with Crippen LogP contribution in [0.4, 0.5) is 0 Å². The summed E-state index contributed by atoms with van der Waals surface area (Å²) in [7, 11) is 0. The first-order chi connectivity index (χ1) is 4.20. The molecule has 1 nitrogen and oxygen atoms in total. The molecule has 3 fully saturated rings. The maximum atomic E-state index is 3.62. The molecule has 0 unspecified atom stereocenters. The van der Waals surface area contributed by atoms with Crippen LogP contribution in [0.2, 0.25) is 0 Å². The van der Waals surface area contributed by atoms with E-state index in [9.17, 15) is 0 Å². The summed E-state index contributed by atoms with van der Waals surface area (Å²) in [6.07, 6.45) is 4.39. The van der Waals surface area contributed by atoms with E-state index in [-0.39, 0.29) is 0 Å². The monoisotopic (exact) mass is 125 g/mol. The van der Waals surface area contributed by atoms with Gasteiger partial charge in [-0.1, -0.05) is 13.8 Å². The van der Waals surface area contributed by atoms with Crippen molar-refractivity contribution in [3.63, 3.8) is 0 Å². The molecule has 0 saturated heterocycles. The molecule has 0 spiro atoms. The highest BCUT2D eigenvalue weighted by Crippen LogP contribution is 2.57. The summed E-state index contributed by atoms with van der Waals surface area (Å²) in [6, 6.07) is 0.686. The van der Waals surface area contributed by atoms with E-state index in [4.69, 9.17) is 0 Å². The van der Waals surface area contributed by atoms with E-state index in [2.05, 4.69) is 19.2 Å². The van der Waals surface area contributed by atoms with Crippen LogP contribution in [0.25, 0.3) is 0 Å². The number of hydrogen-bond acceptors (Lipinski definition) is 1. The van der Waals surface area contributed by atoms with E-state index < -0.39 is 0 Å². The highest BCUT2D eigenvalue weighted by Gasteiger charge is 2.56. The molecule has 0 aromatic carbocycles. The SMILES string of the molecule is CC(C)NC12CC(C1)C2. The predicted molar refractivity (Wildman–Crippen MR) is 38.3 cm³/mol. The Morgan fingerprint density at radius 1 is 1.33 bits per heavy atom. The summed E-state index contributed by atoms with van der Waals surface area (Å²) in [6.45, 7) is 4.47. The summed E-state index contributed by atoms with van der Waals surface area (Å²) >= 11 is 0. The fourth-order valence-electron chi connectivity index (χ4n) is 2.27. The van der Waals surface area contributed by atoms with Crippen LogP contribution in [-0.4, -0.2) is 11.6 Å². The zero-order valence-electron chi connectivity index (χ0n) is 6.28. The molecule has 0 amide bonds. The zero-order chi connectivity index (χ0) is 6.48. The van der Waals surface area contributed by atoms with Crippen LogP contribution in [0.15, 0.2) is 0 Å². The van der Waals surface area contributed by atoms with Gasteiger partial charge in [0.25, 0.3) is 0 Å². The van der Waals surface area contributed by atoms with Gasteiger partial charge >= 0.3 is 0 Å². The Morgan fingerprint density at radius 3 is 2.00 bits per heavy atom. The van der Waals surface area contributed by atoms with E-state index in [1.807, 2.05) is 0 Å². The van der Waals surface area contributed by atoms with Crippen molar-refractivity contribution in [2.45, 2.75) is 44.7 Å². The molecule has 0 aromatic heterocycles. The summed E-state index contributed by atoms with van der Waals surface area (Å²) in [5.41, 5.74) is 0.638. The lowest BCUT2D eigenvalue weighted by Gasteiger charge is -2.63. The van der Waals surface area contributed by atoms with Gasteiger partial charge in [0.1, 0.15) is 0 Å². The number of hydrogen-bond donors (Lipinski definition) is 1. The highest BCUT2D eigenvalue weighted by molar-refractivity contribution is 5.14.